The zero-order valence-electron chi connectivity index (χ0n) is 16.8. The first-order valence-corrected chi connectivity index (χ1v) is 10.00. The summed E-state index contributed by atoms with van der Waals surface area (Å²) in [6.07, 6.45) is 0.740. The highest BCUT2D eigenvalue weighted by atomic mass is 16.5. The molecule has 0 saturated heterocycles. The number of para-hydroxylation sites is 2. The van der Waals surface area contributed by atoms with Gasteiger partial charge in [0.05, 0.1) is 11.0 Å². The second-order valence-electron chi connectivity index (χ2n) is 6.98. The average molecular weight is 409 g/mol. The first-order valence-electron chi connectivity index (χ1n) is 10.00. The monoisotopic (exact) mass is 409 g/mol. The third-order valence-electron chi connectivity index (χ3n) is 4.94. The van der Waals surface area contributed by atoms with Gasteiger partial charge in [-0.15, -0.1) is 10.2 Å². The van der Waals surface area contributed by atoms with E-state index in [-0.39, 0.29) is 5.91 Å². The maximum Gasteiger partial charge on any atom is 0.266 e. The number of rotatable bonds is 5. The number of benzene rings is 3. The van der Waals surface area contributed by atoms with E-state index in [9.17, 15) is 4.79 Å². The van der Waals surface area contributed by atoms with Gasteiger partial charge < -0.3 is 10.1 Å². The topological polar surface area (TPSA) is 81.4 Å². The predicted octanol–water partition coefficient (Wildman–Crippen LogP) is 4.88. The second kappa shape index (κ2) is 7.87. The molecule has 5 rings (SSSR count). The molecular formula is C24H19N5O2. The van der Waals surface area contributed by atoms with Crippen LogP contribution in [0.4, 0.5) is 5.69 Å². The molecule has 0 saturated carbocycles. The van der Waals surface area contributed by atoms with Crippen molar-refractivity contribution in [3.05, 3.63) is 90.3 Å². The summed E-state index contributed by atoms with van der Waals surface area (Å²) in [5.74, 6) is 1.65. The van der Waals surface area contributed by atoms with Crippen LogP contribution in [0.1, 0.15) is 23.1 Å². The largest absolute Gasteiger partial charge is 0.436 e. The molecule has 7 nitrogen and oxygen atoms in total. The van der Waals surface area contributed by atoms with Crippen molar-refractivity contribution in [3.8, 4) is 11.6 Å². The van der Waals surface area contributed by atoms with Crippen LogP contribution in [0.25, 0.3) is 16.7 Å². The van der Waals surface area contributed by atoms with E-state index in [0.29, 0.717) is 28.5 Å². The van der Waals surface area contributed by atoms with Gasteiger partial charge in [-0.05, 0) is 48.5 Å². The molecule has 0 fully saturated rings. The highest BCUT2D eigenvalue weighted by molar-refractivity contribution is 6.04. The summed E-state index contributed by atoms with van der Waals surface area (Å²) >= 11 is 0. The van der Waals surface area contributed by atoms with E-state index in [1.54, 1.807) is 36.4 Å². The molecule has 0 radical (unpaired) electrons. The van der Waals surface area contributed by atoms with Crippen molar-refractivity contribution in [2.45, 2.75) is 13.3 Å². The summed E-state index contributed by atoms with van der Waals surface area (Å²) in [5, 5.41) is 11.5. The summed E-state index contributed by atoms with van der Waals surface area (Å²) in [6.45, 7) is 2.04. The minimum atomic E-state index is -0.164. The molecule has 1 amide bonds. The summed E-state index contributed by atoms with van der Waals surface area (Å²) in [5.41, 5.74) is 3.58. The molecule has 3 aromatic carbocycles. The molecule has 7 heteroatoms. The first kappa shape index (κ1) is 18.7. The summed E-state index contributed by atoms with van der Waals surface area (Å²) in [6, 6.07) is 24.0. The number of aryl methyl sites for hydroxylation is 1. The van der Waals surface area contributed by atoms with Gasteiger partial charge in [0.15, 0.2) is 0 Å². The Kier molecular flexibility index (Phi) is 4.76. The lowest BCUT2D eigenvalue weighted by Gasteiger charge is -2.10. The molecule has 31 heavy (non-hydrogen) atoms. The molecule has 2 aromatic heterocycles. The maximum absolute atomic E-state index is 12.3. The van der Waals surface area contributed by atoms with Gasteiger partial charge in [0.25, 0.3) is 11.8 Å². The Morgan fingerprint density at radius 2 is 1.68 bits per heavy atom. The number of ether oxygens (including phenoxy) is 1. The van der Waals surface area contributed by atoms with Crippen molar-refractivity contribution in [1.29, 1.82) is 0 Å². The van der Waals surface area contributed by atoms with E-state index >= 15 is 0 Å². The number of fused-ring (bicyclic) bond motifs is 3. The number of carbonyl (C=O) groups excluding carboxylic acids is 1. The number of hydrogen-bond acceptors (Lipinski definition) is 5. The fourth-order valence-corrected chi connectivity index (χ4v) is 3.42. The maximum atomic E-state index is 12.3. The Labute approximate surface area is 178 Å². The fourth-order valence-electron chi connectivity index (χ4n) is 3.42. The van der Waals surface area contributed by atoms with Gasteiger partial charge in [0.1, 0.15) is 11.6 Å². The third kappa shape index (κ3) is 3.57. The Morgan fingerprint density at radius 3 is 2.45 bits per heavy atom. The van der Waals surface area contributed by atoms with Crippen LogP contribution in [0, 0.1) is 0 Å². The van der Waals surface area contributed by atoms with E-state index in [4.69, 9.17) is 4.74 Å². The van der Waals surface area contributed by atoms with Crippen LogP contribution in [-0.4, -0.2) is 25.5 Å². The van der Waals surface area contributed by atoms with Crippen LogP contribution in [-0.2, 0) is 6.42 Å². The standard InChI is InChI=1S/C24H19N5O2/c1-2-21-27-28-22-24(26-19-10-6-7-11-20(19)29(21)22)31-18-14-12-17(13-15-18)25-23(30)16-8-4-3-5-9-16/h3-15H,2H2,1H3,(H,25,30). The van der Waals surface area contributed by atoms with Gasteiger partial charge in [0.2, 0.25) is 5.65 Å². The van der Waals surface area contributed by atoms with E-state index in [2.05, 4.69) is 20.5 Å². The van der Waals surface area contributed by atoms with Gasteiger partial charge in [-0.3, -0.25) is 9.20 Å². The predicted molar refractivity (Wildman–Crippen MR) is 119 cm³/mol. The Hall–Kier alpha value is -4.26. The molecule has 1 N–H and O–H groups in total. The number of anilines is 1. The molecule has 0 unspecified atom stereocenters. The van der Waals surface area contributed by atoms with Crippen LogP contribution in [0.5, 0.6) is 11.6 Å². The molecule has 2 heterocycles. The van der Waals surface area contributed by atoms with Crippen molar-refractivity contribution in [1.82, 2.24) is 19.6 Å². The number of nitrogens with zero attached hydrogens (tertiary/aromatic N) is 4. The average Bonchev–Trinajstić information content (AvgIpc) is 3.26. The van der Waals surface area contributed by atoms with Gasteiger partial charge in [0, 0.05) is 17.7 Å². The van der Waals surface area contributed by atoms with Crippen LogP contribution in [0.2, 0.25) is 0 Å². The molecule has 0 atom stereocenters. The summed E-state index contributed by atoms with van der Waals surface area (Å²) in [4.78, 5) is 17.0. The van der Waals surface area contributed by atoms with Crippen molar-refractivity contribution in [3.63, 3.8) is 0 Å². The highest BCUT2D eigenvalue weighted by Gasteiger charge is 2.16. The number of hydrogen-bond donors (Lipinski definition) is 1. The van der Waals surface area contributed by atoms with Gasteiger partial charge in [-0.25, -0.2) is 4.98 Å². The van der Waals surface area contributed by atoms with Crippen molar-refractivity contribution < 1.29 is 9.53 Å². The van der Waals surface area contributed by atoms with Crippen molar-refractivity contribution in [2.24, 2.45) is 0 Å². The van der Waals surface area contributed by atoms with Gasteiger partial charge in [-0.2, -0.15) is 0 Å². The molecular weight excluding hydrogens is 390 g/mol. The number of nitrogens with one attached hydrogen (secondary N) is 1. The van der Waals surface area contributed by atoms with Crippen molar-refractivity contribution in [2.75, 3.05) is 5.32 Å². The Balaban J connectivity index is 1.43. The molecule has 0 spiro atoms. The van der Waals surface area contributed by atoms with E-state index < -0.39 is 0 Å². The lowest BCUT2D eigenvalue weighted by atomic mass is 10.2. The third-order valence-corrected chi connectivity index (χ3v) is 4.94. The Bertz CT molecular complexity index is 1380. The smallest absolute Gasteiger partial charge is 0.266 e. The minimum absolute atomic E-state index is 0.164. The molecule has 0 bridgehead atoms. The van der Waals surface area contributed by atoms with Crippen LogP contribution < -0.4 is 10.1 Å². The number of aromatic nitrogens is 4. The first-order chi connectivity index (χ1) is 15.2. The quantitative estimate of drug-likeness (QED) is 0.447. The molecule has 0 aliphatic rings. The van der Waals surface area contributed by atoms with Crippen LogP contribution in [0.3, 0.4) is 0 Å². The summed E-state index contributed by atoms with van der Waals surface area (Å²) < 4.78 is 8.03. The molecule has 5 aromatic rings. The van der Waals surface area contributed by atoms with Gasteiger partial charge >= 0.3 is 0 Å². The normalized spacial score (nSPS) is 11.0. The molecule has 0 aliphatic carbocycles. The highest BCUT2D eigenvalue weighted by Crippen LogP contribution is 2.28. The van der Waals surface area contributed by atoms with Gasteiger partial charge in [-0.1, -0.05) is 37.3 Å². The minimum Gasteiger partial charge on any atom is -0.436 e. The number of carbonyl (C=O) groups is 1. The zero-order valence-corrected chi connectivity index (χ0v) is 16.8. The lowest BCUT2D eigenvalue weighted by Crippen LogP contribution is -2.11. The zero-order chi connectivity index (χ0) is 21.2. The van der Waals surface area contributed by atoms with Crippen LogP contribution in [0.15, 0.2) is 78.9 Å². The fraction of sp³-hybridized carbons (Fsp3) is 0.0833. The molecule has 152 valence electrons. The molecule has 0 aliphatic heterocycles. The van der Waals surface area contributed by atoms with E-state index in [1.807, 2.05) is 53.8 Å². The van der Waals surface area contributed by atoms with Crippen molar-refractivity contribution >= 4 is 28.3 Å². The SMILES string of the molecule is CCc1nnc2c(Oc3ccc(NC(=O)c4ccccc4)cc3)nc3ccccc3n12. The second-order valence-corrected chi connectivity index (χ2v) is 6.98. The lowest BCUT2D eigenvalue weighted by molar-refractivity contribution is 0.102. The Morgan fingerprint density at radius 1 is 0.935 bits per heavy atom. The van der Waals surface area contributed by atoms with E-state index in [0.717, 1.165) is 23.3 Å². The number of amides is 1. The van der Waals surface area contributed by atoms with E-state index in [1.165, 1.54) is 0 Å². The summed E-state index contributed by atoms with van der Waals surface area (Å²) in [7, 11) is 0. The van der Waals surface area contributed by atoms with Crippen LogP contribution >= 0.6 is 0 Å².